The Hall–Kier alpha value is -1.67. The van der Waals surface area contributed by atoms with Crippen molar-refractivity contribution in [1.29, 1.82) is 0 Å². The van der Waals surface area contributed by atoms with Gasteiger partial charge in [-0.2, -0.15) is 4.72 Å². The molecule has 0 spiro atoms. The molecular formula is C11H17N3O4S. The zero-order chi connectivity index (χ0) is 14.5. The second-order valence-corrected chi connectivity index (χ2v) is 5.74. The summed E-state index contributed by atoms with van der Waals surface area (Å²) >= 11 is 0. The number of hydrogen-bond donors (Lipinski definition) is 3. The molecule has 1 aromatic rings. The van der Waals surface area contributed by atoms with Gasteiger partial charge in [0.05, 0.1) is 10.9 Å². The average Bonchev–Trinajstić information content (AvgIpc) is 2.35. The summed E-state index contributed by atoms with van der Waals surface area (Å²) < 4.78 is 26.1. The van der Waals surface area contributed by atoms with E-state index in [1.54, 1.807) is 0 Å². The van der Waals surface area contributed by atoms with E-state index in [1.165, 1.54) is 13.0 Å². The molecule has 0 fully saturated rings. The van der Waals surface area contributed by atoms with Crippen molar-refractivity contribution in [2.24, 2.45) is 0 Å². The molecular weight excluding hydrogens is 270 g/mol. The van der Waals surface area contributed by atoms with E-state index in [9.17, 15) is 18.0 Å². The third-order valence-electron chi connectivity index (χ3n) is 2.34. The second-order valence-electron chi connectivity index (χ2n) is 4.02. The minimum atomic E-state index is -3.83. The van der Waals surface area contributed by atoms with Gasteiger partial charge >= 0.3 is 0 Å². The van der Waals surface area contributed by atoms with E-state index in [0.717, 1.165) is 18.7 Å². The Balaban J connectivity index is 2.77. The SMILES string of the molecule is CCCNC(=O)C(C)NS(=O)(=O)c1ccc(=O)[nH]c1. The van der Waals surface area contributed by atoms with Gasteiger partial charge in [-0.15, -0.1) is 0 Å². The molecule has 0 aliphatic rings. The molecule has 7 nitrogen and oxygen atoms in total. The summed E-state index contributed by atoms with van der Waals surface area (Å²) in [7, 11) is -3.83. The van der Waals surface area contributed by atoms with E-state index in [2.05, 4.69) is 15.0 Å². The van der Waals surface area contributed by atoms with Gasteiger partial charge in [-0.1, -0.05) is 6.92 Å². The zero-order valence-corrected chi connectivity index (χ0v) is 11.6. The number of carbonyl (C=O) groups is 1. The van der Waals surface area contributed by atoms with Crippen LogP contribution in [0.4, 0.5) is 0 Å². The molecule has 1 heterocycles. The highest BCUT2D eigenvalue weighted by Gasteiger charge is 2.21. The molecule has 0 radical (unpaired) electrons. The Bertz CT molecular complexity index is 574. The van der Waals surface area contributed by atoms with Crippen molar-refractivity contribution in [3.05, 3.63) is 28.7 Å². The van der Waals surface area contributed by atoms with Gasteiger partial charge in [0.2, 0.25) is 21.5 Å². The van der Waals surface area contributed by atoms with Crippen LogP contribution in [0.15, 0.2) is 28.0 Å². The predicted molar refractivity (Wildman–Crippen MR) is 70.1 cm³/mol. The van der Waals surface area contributed by atoms with Crippen molar-refractivity contribution < 1.29 is 13.2 Å². The number of H-pyrrole nitrogens is 1. The summed E-state index contributed by atoms with van der Waals surface area (Å²) in [6.45, 7) is 3.84. The molecule has 106 valence electrons. The van der Waals surface area contributed by atoms with Crippen LogP contribution < -0.4 is 15.6 Å². The Kier molecular flexibility index (Phi) is 5.25. The van der Waals surface area contributed by atoms with Gasteiger partial charge < -0.3 is 10.3 Å². The molecule has 0 aliphatic heterocycles. The quantitative estimate of drug-likeness (QED) is 0.659. The fourth-order valence-corrected chi connectivity index (χ4v) is 2.49. The standard InChI is InChI=1S/C11H17N3O4S/c1-3-6-12-11(16)8(2)14-19(17,18)9-4-5-10(15)13-7-9/h4-5,7-8,14H,3,6H2,1-2H3,(H,12,16)(H,13,15). The number of aromatic nitrogens is 1. The number of aromatic amines is 1. The van der Waals surface area contributed by atoms with E-state index in [-0.39, 0.29) is 4.90 Å². The van der Waals surface area contributed by atoms with Gasteiger partial charge in [0.15, 0.2) is 0 Å². The van der Waals surface area contributed by atoms with Gasteiger partial charge in [-0.25, -0.2) is 8.42 Å². The first kappa shape index (κ1) is 15.4. The summed E-state index contributed by atoms with van der Waals surface area (Å²) in [4.78, 5) is 24.6. The van der Waals surface area contributed by atoms with Gasteiger partial charge in [-0.3, -0.25) is 9.59 Å². The normalized spacial score (nSPS) is 12.9. The number of carbonyl (C=O) groups excluding carboxylic acids is 1. The van der Waals surface area contributed by atoms with Gasteiger partial charge in [-0.05, 0) is 19.4 Å². The van der Waals surface area contributed by atoms with Crippen LogP contribution >= 0.6 is 0 Å². The summed E-state index contributed by atoms with van der Waals surface area (Å²) in [5.74, 6) is -0.394. The summed E-state index contributed by atoms with van der Waals surface area (Å²) in [5.41, 5.74) is -0.396. The maximum atomic E-state index is 11.9. The van der Waals surface area contributed by atoms with E-state index in [4.69, 9.17) is 0 Å². The van der Waals surface area contributed by atoms with Crippen molar-refractivity contribution in [3.63, 3.8) is 0 Å². The van der Waals surface area contributed by atoms with Gasteiger partial charge in [0.25, 0.3) is 0 Å². The number of pyridine rings is 1. The Morgan fingerprint density at radius 1 is 1.42 bits per heavy atom. The van der Waals surface area contributed by atoms with Crippen LogP contribution in [0.2, 0.25) is 0 Å². The highest BCUT2D eigenvalue weighted by Crippen LogP contribution is 2.05. The fourth-order valence-electron chi connectivity index (χ4n) is 1.32. The molecule has 1 amide bonds. The molecule has 0 aromatic carbocycles. The first-order valence-corrected chi connectivity index (χ1v) is 7.34. The lowest BCUT2D eigenvalue weighted by atomic mass is 10.3. The van der Waals surface area contributed by atoms with Crippen LogP contribution in [-0.2, 0) is 14.8 Å². The third-order valence-corrected chi connectivity index (χ3v) is 3.88. The Morgan fingerprint density at radius 3 is 2.63 bits per heavy atom. The third kappa shape index (κ3) is 4.49. The highest BCUT2D eigenvalue weighted by molar-refractivity contribution is 7.89. The summed E-state index contributed by atoms with van der Waals surface area (Å²) in [6, 6.07) is 1.40. The number of hydrogen-bond acceptors (Lipinski definition) is 4. The molecule has 0 saturated carbocycles. The van der Waals surface area contributed by atoms with Crippen LogP contribution in [0.25, 0.3) is 0 Å². The number of amides is 1. The maximum Gasteiger partial charge on any atom is 0.247 e. The van der Waals surface area contributed by atoms with Crippen LogP contribution in [0.1, 0.15) is 20.3 Å². The van der Waals surface area contributed by atoms with E-state index in [0.29, 0.717) is 6.54 Å². The minimum Gasteiger partial charge on any atom is -0.355 e. The smallest absolute Gasteiger partial charge is 0.247 e. The van der Waals surface area contributed by atoms with Crippen molar-refractivity contribution in [3.8, 4) is 0 Å². The molecule has 3 N–H and O–H groups in total. The molecule has 0 saturated heterocycles. The monoisotopic (exact) mass is 287 g/mol. The van der Waals surface area contributed by atoms with Crippen LogP contribution in [0, 0.1) is 0 Å². The first-order chi connectivity index (χ1) is 8.86. The number of sulfonamides is 1. The van der Waals surface area contributed by atoms with E-state index >= 15 is 0 Å². The molecule has 19 heavy (non-hydrogen) atoms. The molecule has 1 unspecified atom stereocenters. The fraction of sp³-hybridized carbons (Fsp3) is 0.455. The summed E-state index contributed by atoms with van der Waals surface area (Å²) in [6.07, 6.45) is 1.85. The van der Waals surface area contributed by atoms with Crippen LogP contribution in [0.5, 0.6) is 0 Å². The van der Waals surface area contributed by atoms with Gasteiger partial charge in [0.1, 0.15) is 0 Å². The zero-order valence-electron chi connectivity index (χ0n) is 10.8. The topological polar surface area (TPSA) is 108 Å². The summed E-state index contributed by atoms with van der Waals surface area (Å²) in [5, 5.41) is 2.59. The van der Waals surface area contributed by atoms with Crippen LogP contribution in [-0.4, -0.2) is 31.9 Å². The van der Waals surface area contributed by atoms with Gasteiger partial charge in [0, 0.05) is 18.8 Å². The second kappa shape index (κ2) is 6.48. The molecule has 1 atom stereocenters. The lowest BCUT2D eigenvalue weighted by Crippen LogP contribution is -2.44. The highest BCUT2D eigenvalue weighted by atomic mass is 32.2. The van der Waals surface area contributed by atoms with Crippen LogP contribution in [0.3, 0.4) is 0 Å². The molecule has 8 heteroatoms. The Morgan fingerprint density at radius 2 is 2.11 bits per heavy atom. The minimum absolute atomic E-state index is 0.0951. The molecule has 0 bridgehead atoms. The van der Waals surface area contributed by atoms with Crippen molar-refractivity contribution in [1.82, 2.24) is 15.0 Å². The molecule has 0 aliphatic carbocycles. The van der Waals surface area contributed by atoms with Crippen molar-refractivity contribution >= 4 is 15.9 Å². The first-order valence-electron chi connectivity index (χ1n) is 5.85. The lowest BCUT2D eigenvalue weighted by Gasteiger charge is -2.13. The lowest BCUT2D eigenvalue weighted by molar-refractivity contribution is -0.122. The number of rotatable bonds is 6. The maximum absolute atomic E-state index is 11.9. The largest absolute Gasteiger partial charge is 0.355 e. The van der Waals surface area contributed by atoms with E-state index in [1.807, 2.05) is 6.92 Å². The predicted octanol–water partition coefficient (Wildman–Crippen LogP) is -0.432. The molecule has 1 aromatic heterocycles. The van der Waals surface area contributed by atoms with Crippen molar-refractivity contribution in [2.75, 3.05) is 6.54 Å². The van der Waals surface area contributed by atoms with E-state index < -0.39 is 27.5 Å². The average molecular weight is 287 g/mol. The number of nitrogens with one attached hydrogen (secondary N) is 3. The Labute approximate surface area is 111 Å². The van der Waals surface area contributed by atoms with Crippen molar-refractivity contribution in [2.45, 2.75) is 31.2 Å². The molecule has 1 rings (SSSR count).